The summed E-state index contributed by atoms with van der Waals surface area (Å²) in [5, 5.41) is 0. The van der Waals surface area contributed by atoms with Crippen LogP contribution in [-0.2, 0) is 4.79 Å². The maximum atomic E-state index is 10.7. The van der Waals surface area contributed by atoms with Crippen LogP contribution < -0.4 is 10.5 Å². The molecule has 0 fully saturated rings. The van der Waals surface area contributed by atoms with Crippen molar-refractivity contribution < 1.29 is 9.53 Å². The van der Waals surface area contributed by atoms with E-state index in [-0.39, 0.29) is 5.91 Å². The van der Waals surface area contributed by atoms with Crippen molar-refractivity contribution in [2.75, 3.05) is 12.9 Å². The summed E-state index contributed by atoms with van der Waals surface area (Å²) in [5.41, 5.74) is 7.20. The topological polar surface area (TPSA) is 65.2 Å². The molecule has 0 unspecified atom stereocenters. The van der Waals surface area contributed by atoms with Gasteiger partial charge in [0.15, 0.2) is 0 Å². The fourth-order valence-corrected chi connectivity index (χ4v) is 2.21. The third kappa shape index (κ3) is 3.72. The molecule has 98 valence electrons. The Kier molecular flexibility index (Phi) is 4.41. The number of primary amides is 1. The van der Waals surface area contributed by atoms with Crippen LogP contribution in [0.2, 0.25) is 0 Å². The van der Waals surface area contributed by atoms with Crippen molar-refractivity contribution in [2.45, 2.75) is 4.90 Å². The van der Waals surface area contributed by atoms with Gasteiger partial charge in [-0.1, -0.05) is 12.1 Å². The maximum Gasteiger partial charge on any atom is 0.227 e. The van der Waals surface area contributed by atoms with Crippen LogP contribution in [-0.4, -0.2) is 23.8 Å². The van der Waals surface area contributed by atoms with E-state index in [0.717, 1.165) is 16.0 Å². The largest absolute Gasteiger partial charge is 0.481 e. The lowest BCUT2D eigenvalue weighted by atomic mass is 10.1. The standard InChI is InChI=1S/C14H14N2O2S/c1-18-14-7-4-11(8-16-14)10-2-5-12(6-3-10)19-9-13(15)17/h2-8H,9H2,1H3,(H2,15,17). The fourth-order valence-electron chi connectivity index (χ4n) is 1.57. The highest BCUT2D eigenvalue weighted by molar-refractivity contribution is 8.00. The summed E-state index contributed by atoms with van der Waals surface area (Å²) in [4.78, 5) is 15.9. The van der Waals surface area contributed by atoms with Crippen LogP contribution in [0.1, 0.15) is 0 Å². The Balaban J connectivity index is 2.10. The second-order valence-corrected chi connectivity index (χ2v) is 4.92. The molecule has 0 aliphatic carbocycles. The lowest BCUT2D eigenvalue weighted by Crippen LogP contribution is -2.12. The molecule has 4 nitrogen and oxygen atoms in total. The molecule has 2 N–H and O–H groups in total. The third-order valence-corrected chi connectivity index (χ3v) is 3.55. The third-order valence-electron chi connectivity index (χ3n) is 2.51. The zero-order valence-electron chi connectivity index (χ0n) is 10.5. The number of hydrogen-bond donors (Lipinski definition) is 1. The summed E-state index contributed by atoms with van der Waals surface area (Å²) in [6.07, 6.45) is 1.77. The number of benzene rings is 1. The van der Waals surface area contributed by atoms with E-state index in [1.54, 1.807) is 13.3 Å². The average Bonchev–Trinajstić information content (AvgIpc) is 2.46. The summed E-state index contributed by atoms with van der Waals surface area (Å²) in [6.45, 7) is 0. The molecular formula is C14H14N2O2S. The number of carbonyl (C=O) groups excluding carboxylic acids is 1. The van der Waals surface area contributed by atoms with Gasteiger partial charge in [-0.05, 0) is 23.8 Å². The van der Waals surface area contributed by atoms with E-state index in [9.17, 15) is 4.79 Å². The van der Waals surface area contributed by atoms with Gasteiger partial charge in [0.1, 0.15) is 0 Å². The minimum atomic E-state index is -0.312. The van der Waals surface area contributed by atoms with Crippen LogP contribution in [0, 0.1) is 0 Å². The number of methoxy groups -OCH3 is 1. The maximum absolute atomic E-state index is 10.7. The van der Waals surface area contributed by atoms with E-state index >= 15 is 0 Å². The summed E-state index contributed by atoms with van der Waals surface area (Å²) in [5.74, 6) is 0.578. The molecule has 0 bridgehead atoms. The van der Waals surface area contributed by atoms with Gasteiger partial charge in [0, 0.05) is 22.7 Å². The van der Waals surface area contributed by atoms with E-state index in [1.807, 2.05) is 36.4 Å². The molecule has 19 heavy (non-hydrogen) atoms. The average molecular weight is 274 g/mol. The van der Waals surface area contributed by atoms with Crippen LogP contribution in [0.15, 0.2) is 47.5 Å². The van der Waals surface area contributed by atoms with Crippen molar-refractivity contribution >= 4 is 17.7 Å². The molecule has 0 saturated carbocycles. The second-order valence-electron chi connectivity index (χ2n) is 3.87. The summed E-state index contributed by atoms with van der Waals surface area (Å²) in [7, 11) is 1.59. The molecule has 0 aliphatic rings. The van der Waals surface area contributed by atoms with Crippen molar-refractivity contribution in [3.63, 3.8) is 0 Å². The van der Waals surface area contributed by atoms with Gasteiger partial charge < -0.3 is 10.5 Å². The molecule has 2 aromatic rings. The monoisotopic (exact) mass is 274 g/mol. The first-order valence-electron chi connectivity index (χ1n) is 5.70. The molecule has 0 spiro atoms. The fraction of sp³-hybridized carbons (Fsp3) is 0.143. The highest BCUT2D eigenvalue weighted by Crippen LogP contribution is 2.24. The Morgan fingerprint density at radius 3 is 2.42 bits per heavy atom. The Bertz CT molecular complexity index is 553. The van der Waals surface area contributed by atoms with Gasteiger partial charge in [-0.3, -0.25) is 4.79 Å². The molecule has 1 heterocycles. The lowest BCUT2D eigenvalue weighted by Gasteiger charge is -2.04. The number of nitrogens with two attached hydrogens (primary N) is 1. The van der Waals surface area contributed by atoms with Crippen LogP contribution in [0.4, 0.5) is 0 Å². The van der Waals surface area contributed by atoms with Gasteiger partial charge in [0.25, 0.3) is 0 Å². The van der Waals surface area contributed by atoms with Crippen molar-refractivity contribution in [2.24, 2.45) is 5.73 Å². The predicted octanol–water partition coefficient (Wildman–Crippen LogP) is 2.33. The number of aromatic nitrogens is 1. The number of carbonyl (C=O) groups is 1. The first-order chi connectivity index (χ1) is 9.19. The van der Waals surface area contributed by atoms with Crippen molar-refractivity contribution in [3.8, 4) is 17.0 Å². The van der Waals surface area contributed by atoms with E-state index in [2.05, 4.69) is 4.98 Å². The summed E-state index contributed by atoms with van der Waals surface area (Å²) >= 11 is 1.43. The Hall–Kier alpha value is -2.01. The summed E-state index contributed by atoms with van der Waals surface area (Å²) in [6, 6.07) is 11.7. The van der Waals surface area contributed by atoms with Crippen LogP contribution >= 0.6 is 11.8 Å². The molecule has 0 atom stereocenters. The van der Waals surface area contributed by atoms with E-state index < -0.39 is 0 Å². The predicted molar refractivity (Wildman–Crippen MR) is 76.1 cm³/mol. The van der Waals surface area contributed by atoms with Crippen molar-refractivity contribution in [1.82, 2.24) is 4.98 Å². The zero-order valence-corrected chi connectivity index (χ0v) is 11.3. The second kappa shape index (κ2) is 6.24. The first kappa shape index (κ1) is 13.4. The minimum absolute atomic E-state index is 0.295. The van der Waals surface area contributed by atoms with Gasteiger partial charge in [0.2, 0.25) is 11.8 Å². The molecule has 1 amide bonds. The molecule has 5 heteroatoms. The molecule has 2 rings (SSSR count). The Morgan fingerprint density at radius 1 is 1.21 bits per heavy atom. The SMILES string of the molecule is COc1ccc(-c2ccc(SCC(N)=O)cc2)cn1. The van der Waals surface area contributed by atoms with E-state index in [0.29, 0.717) is 11.6 Å². The molecule has 0 aliphatic heterocycles. The molecular weight excluding hydrogens is 260 g/mol. The molecule has 1 aromatic carbocycles. The quantitative estimate of drug-likeness (QED) is 0.850. The van der Waals surface area contributed by atoms with Gasteiger partial charge >= 0.3 is 0 Å². The minimum Gasteiger partial charge on any atom is -0.481 e. The molecule has 0 radical (unpaired) electrons. The molecule has 0 saturated heterocycles. The van der Waals surface area contributed by atoms with Gasteiger partial charge in [-0.25, -0.2) is 4.98 Å². The number of ether oxygens (including phenoxy) is 1. The van der Waals surface area contributed by atoms with Crippen LogP contribution in [0.25, 0.3) is 11.1 Å². The number of nitrogens with zero attached hydrogens (tertiary/aromatic N) is 1. The first-order valence-corrected chi connectivity index (χ1v) is 6.69. The Labute approximate surface area is 116 Å². The normalized spacial score (nSPS) is 10.2. The van der Waals surface area contributed by atoms with Crippen LogP contribution in [0.5, 0.6) is 5.88 Å². The van der Waals surface area contributed by atoms with Crippen LogP contribution in [0.3, 0.4) is 0 Å². The number of hydrogen-bond acceptors (Lipinski definition) is 4. The van der Waals surface area contributed by atoms with Gasteiger partial charge in [0.05, 0.1) is 12.9 Å². The smallest absolute Gasteiger partial charge is 0.227 e. The van der Waals surface area contributed by atoms with E-state index in [1.165, 1.54) is 11.8 Å². The van der Waals surface area contributed by atoms with E-state index in [4.69, 9.17) is 10.5 Å². The van der Waals surface area contributed by atoms with Crippen molar-refractivity contribution in [1.29, 1.82) is 0 Å². The van der Waals surface area contributed by atoms with Crippen molar-refractivity contribution in [3.05, 3.63) is 42.6 Å². The summed E-state index contributed by atoms with van der Waals surface area (Å²) < 4.78 is 5.02. The Morgan fingerprint density at radius 2 is 1.89 bits per heavy atom. The number of rotatable bonds is 5. The lowest BCUT2D eigenvalue weighted by molar-refractivity contribution is -0.115. The highest BCUT2D eigenvalue weighted by Gasteiger charge is 2.01. The molecule has 1 aromatic heterocycles. The van der Waals surface area contributed by atoms with Gasteiger partial charge in [-0.15, -0.1) is 11.8 Å². The van der Waals surface area contributed by atoms with Gasteiger partial charge in [-0.2, -0.15) is 0 Å². The number of thioether (sulfide) groups is 1. The highest BCUT2D eigenvalue weighted by atomic mass is 32.2. The number of amides is 1. The zero-order chi connectivity index (χ0) is 13.7. The number of pyridine rings is 1.